The molecule has 1 fully saturated rings. The molecule has 0 unspecified atom stereocenters. The molecule has 4 rings (SSSR count). The topological polar surface area (TPSA) is 59.1 Å². The molecular formula is C21H24ClFN4O. The molecule has 1 aromatic heterocycles. The number of nitrogens with one attached hydrogen (secondary N) is 2. The molecule has 0 aliphatic carbocycles. The predicted molar refractivity (Wildman–Crippen MR) is 112 cm³/mol. The molecule has 1 aliphatic heterocycles. The van der Waals surface area contributed by atoms with Gasteiger partial charge in [0.2, 0.25) is 0 Å². The minimum Gasteiger partial charge on any atom is -0.496 e. The van der Waals surface area contributed by atoms with Crippen LogP contribution in [-0.2, 0) is 0 Å². The number of halogens is 2. The summed E-state index contributed by atoms with van der Waals surface area (Å²) in [6.07, 6.45) is 1.45. The van der Waals surface area contributed by atoms with E-state index in [-0.39, 0.29) is 10.7 Å². The summed E-state index contributed by atoms with van der Waals surface area (Å²) in [6.45, 7) is 7.57. The van der Waals surface area contributed by atoms with Gasteiger partial charge in [-0.25, -0.2) is 14.4 Å². The zero-order valence-electron chi connectivity index (χ0n) is 16.4. The van der Waals surface area contributed by atoms with E-state index in [1.807, 2.05) is 26.0 Å². The Kier molecular flexibility index (Phi) is 6.31. The number of fused-ring (bicyclic) bond motifs is 1. The second-order valence-electron chi connectivity index (χ2n) is 6.37. The van der Waals surface area contributed by atoms with Gasteiger partial charge >= 0.3 is 0 Å². The Hall–Kier alpha value is -2.44. The molecule has 0 atom stereocenters. The molecule has 7 heteroatoms. The first kappa shape index (κ1) is 20.3. The highest BCUT2D eigenvalue weighted by atomic mass is 35.5. The normalized spacial score (nSPS) is 13.5. The van der Waals surface area contributed by atoms with Gasteiger partial charge in [0.05, 0.1) is 23.3 Å². The molecule has 0 radical (unpaired) electrons. The number of aryl methyl sites for hydroxylation is 1. The van der Waals surface area contributed by atoms with Crippen molar-refractivity contribution in [1.82, 2.24) is 15.3 Å². The summed E-state index contributed by atoms with van der Waals surface area (Å²) in [5.74, 6) is 1.23. The molecule has 0 bridgehead atoms. The van der Waals surface area contributed by atoms with E-state index >= 15 is 0 Å². The SMILES string of the molecule is CC.COc1cc2ncnc(Nc3ccc(C)c(Cl)c3F)c2cc1C1CNC1. The standard InChI is InChI=1S/C19H18ClFN4O.C2H6/c1-10-3-4-14(18(21)17(10)20)25-19-13-5-12(11-7-22-8-11)16(26-2)6-15(13)23-9-24-19;1-2/h3-6,9,11,22H,7-8H2,1-2H3,(H,23,24,25);1-2H3. The molecular weight excluding hydrogens is 379 g/mol. The Morgan fingerprint density at radius 2 is 1.96 bits per heavy atom. The second kappa shape index (κ2) is 8.71. The van der Waals surface area contributed by atoms with Crippen LogP contribution >= 0.6 is 11.6 Å². The van der Waals surface area contributed by atoms with Crippen LogP contribution in [0.5, 0.6) is 5.75 Å². The summed E-state index contributed by atoms with van der Waals surface area (Å²) < 4.78 is 20.0. The fourth-order valence-corrected chi connectivity index (χ4v) is 3.24. The van der Waals surface area contributed by atoms with Crippen LogP contribution in [0, 0.1) is 12.7 Å². The van der Waals surface area contributed by atoms with Crippen molar-refractivity contribution in [2.24, 2.45) is 0 Å². The highest BCUT2D eigenvalue weighted by molar-refractivity contribution is 6.31. The van der Waals surface area contributed by atoms with Crippen LogP contribution in [0.1, 0.15) is 30.9 Å². The Morgan fingerprint density at radius 3 is 2.61 bits per heavy atom. The molecule has 148 valence electrons. The zero-order valence-corrected chi connectivity index (χ0v) is 17.2. The van der Waals surface area contributed by atoms with Crippen molar-refractivity contribution in [3.63, 3.8) is 0 Å². The summed E-state index contributed by atoms with van der Waals surface area (Å²) in [5, 5.41) is 7.24. The lowest BCUT2D eigenvalue weighted by Gasteiger charge is -2.29. The maximum Gasteiger partial charge on any atom is 0.165 e. The van der Waals surface area contributed by atoms with Crippen LogP contribution in [-0.4, -0.2) is 30.2 Å². The van der Waals surface area contributed by atoms with Gasteiger partial charge in [-0.3, -0.25) is 0 Å². The van der Waals surface area contributed by atoms with Crippen LogP contribution in [0.4, 0.5) is 15.9 Å². The Labute approximate surface area is 169 Å². The number of hydrogen-bond acceptors (Lipinski definition) is 5. The van der Waals surface area contributed by atoms with Gasteiger partial charge in [0.25, 0.3) is 0 Å². The summed E-state index contributed by atoms with van der Waals surface area (Å²) in [6, 6.07) is 7.35. The quantitative estimate of drug-likeness (QED) is 0.628. The number of rotatable bonds is 4. The van der Waals surface area contributed by atoms with Crippen LogP contribution in [0.25, 0.3) is 10.9 Å². The highest BCUT2D eigenvalue weighted by Crippen LogP contribution is 2.36. The molecule has 3 aromatic rings. The van der Waals surface area contributed by atoms with Crippen LogP contribution in [0.3, 0.4) is 0 Å². The monoisotopic (exact) mass is 402 g/mol. The molecule has 0 spiro atoms. The van der Waals surface area contributed by atoms with Gasteiger partial charge in [0, 0.05) is 36.0 Å². The Balaban J connectivity index is 0.00000109. The molecule has 5 nitrogen and oxygen atoms in total. The summed E-state index contributed by atoms with van der Waals surface area (Å²) in [5.41, 5.74) is 2.79. The van der Waals surface area contributed by atoms with E-state index < -0.39 is 5.82 Å². The van der Waals surface area contributed by atoms with Crippen molar-refractivity contribution >= 4 is 34.0 Å². The maximum atomic E-state index is 14.5. The number of anilines is 2. The van der Waals surface area contributed by atoms with Crippen molar-refractivity contribution in [3.8, 4) is 5.75 Å². The largest absolute Gasteiger partial charge is 0.496 e. The van der Waals surface area contributed by atoms with E-state index in [0.29, 0.717) is 17.3 Å². The van der Waals surface area contributed by atoms with Gasteiger partial charge in [-0.05, 0) is 24.6 Å². The van der Waals surface area contributed by atoms with Crippen molar-refractivity contribution in [3.05, 3.63) is 52.6 Å². The van der Waals surface area contributed by atoms with Crippen LogP contribution in [0.2, 0.25) is 5.02 Å². The Morgan fingerprint density at radius 1 is 1.21 bits per heavy atom. The fourth-order valence-electron chi connectivity index (χ4n) is 3.07. The summed E-state index contributed by atoms with van der Waals surface area (Å²) in [4.78, 5) is 8.63. The van der Waals surface area contributed by atoms with Crippen LogP contribution in [0.15, 0.2) is 30.6 Å². The van der Waals surface area contributed by atoms with E-state index in [1.54, 1.807) is 26.2 Å². The predicted octanol–water partition coefficient (Wildman–Crippen LogP) is 5.20. The number of ether oxygens (including phenoxy) is 1. The lowest BCUT2D eigenvalue weighted by atomic mass is 9.91. The molecule has 0 amide bonds. The second-order valence-corrected chi connectivity index (χ2v) is 6.75. The van der Waals surface area contributed by atoms with Gasteiger partial charge in [-0.15, -0.1) is 0 Å². The minimum absolute atomic E-state index is 0.108. The average molecular weight is 403 g/mol. The summed E-state index contributed by atoms with van der Waals surface area (Å²) >= 11 is 6.03. The molecule has 1 aliphatic rings. The van der Waals surface area contributed by atoms with E-state index in [9.17, 15) is 4.39 Å². The third kappa shape index (κ3) is 3.75. The summed E-state index contributed by atoms with van der Waals surface area (Å²) in [7, 11) is 1.65. The van der Waals surface area contributed by atoms with Gasteiger partial charge in [-0.1, -0.05) is 31.5 Å². The maximum absolute atomic E-state index is 14.5. The molecule has 0 saturated carbocycles. The number of methoxy groups -OCH3 is 1. The van der Waals surface area contributed by atoms with Crippen molar-refractivity contribution < 1.29 is 9.13 Å². The van der Waals surface area contributed by atoms with Crippen molar-refractivity contribution in [1.29, 1.82) is 0 Å². The third-order valence-corrected chi connectivity index (χ3v) is 5.20. The van der Waals surface area contributed by atoms with E-state index in [1.165, 1.54) is 6.33 Å². The smallest absolute Gasteiger partial charge is 0.165 e. The number of nitrogens with zero attached hydrogens (tertiary/aromatic N) is 2. The van der Waals surface area contributed by atoms with Crippen molar-refractivity contribution in [2.45, 2.75) is 26.7 Å². The van der Waals surface area contributed by atoms with Crippen molar-refractivity contribution in [2.75, 3.05) is 25.5 Å². The van der Waals surface area contributed by atoms with E-state index in [4.69, 9.17) is 16.3 Å². The first-order valence-corrected chi connectivity index (χ1v) is 9.71. The van der Waals surface area contributed by atoms with Gasteiger partial charge in [0.1, 0.15) is 17.9 Å². The van der Waals surface area contributed by atoms with E-state index in [0.717, 1.165) is 35.3 Å². The number of hydrogen-bond donors (Lipinski definition) is 2. The third-order valence-electron chi connectivity index (χ3n) is 4.74. The van der Waals surface area contributed by atoms with Crippen LogP contribution < -0.4 is 15.4 Å². The highest BCUT2D eigenvalue weighted by Gasteiger charge is 2.24. The molecule has 2 heterocycles. The molecule has 2 N–H and O–H groups in total. The lowest BCUT2D eigenvalue weighted by Crippen LogP contribution is -2.40. The van der Waals surface area contributed by atoms with E-state index in [2.05, 4.69) is 20.6 Å². The fraction of sp³-hybridized carbons (Fsp3) is 0.333. The number of aromatic nitrogens is 2. The lowest BCUT2D eigenvalue weighted by molar-refractivity contribution is 0.386. The Bertz CT molecular complexity index is 992. The molecule has 28 heavy (non-hydrogen) atoms. The minimum atomic E-state index is -0.490. The first-order chi connectivity index (χ1) is 13.6. The van der Waals surface area contributed by atoms with Gasteiger partial charge in [0.15, 0.2) is 5.82 Å². The zero-order chi connectivity index (χ0) is 20.3. The van der Waals surface area contributed by atoms with Gasteiger partial charge < -0.3 is 15.4 Å². The average Bonchev–Trinajstić information content (AvgIpc) is 2.68. The number of benzene rings is 2. The molecule has 1 saturated heterocycles. The first-order valence-electron chi connectivity index (χ1n) is 9.33. The molecule has 2 aromatic carbocycles. The van der Waals surface area contributed by atoms with Gasteiger partial charge in [-0.2, -0.15) is 0 Å².